The molecule has 1 aliphatic carbocycles. The number of nitrogens with zero attached hydrogens (tertiary/aromatic N) is 6. The van der Waals surface area contributed by atoms with Gasteiger partial charge in [0.05, 0.1) is 12.4 Å². The molecule has 0 atom stereocenters. The maximum Gasteiger partial charge on any atom is 0.282 e. The van der Waals surface area contributed by atoms with E-state index < -0.39 is 10.0 Å². The molecule has 0 amide bonds. The van der Waals surface area contributed by atoms with Crippen LogP contribution in [0.25, 0.3) is 11.4 Å². The summed E-state index contributed by atoms with van der Waals surface area (Å²) in [5, 5.41) is 11.6. The van der Waals surface area contributed by atoms with Gasteiger partial charge in [-0.1, -0.05) is 11.6 Å². The summed E-state index contributed by atoms with van der Waals surface area (Å²) in [4.78, 5) is 3.83. The molecule has 0 saturated heterocycles. The first-order valence-electron chi connectivity index (χ1n) is 7.53. The van der Waals surface area contributed by atoms with E-state index in [1.807, 2.05) is 0 Å². The Morgan fingerprint density at radius 3 is 2.56 bits per heavy atom. The summed E-state index contributed by atoms with van der Waals surface area (Å²) in [7, 11) is -2.24. The van der Waals surface area contributed by atoms with Gasteiger partial charge in [-0.15, -0.1) is 5.10 Å². The van der Waals surface area contributed by atoms with Crippen molar-refractivity contribution < 1.29 is 8.42 Å². The average molecular weight is 380 g/mol. The van der Waals surface area contributed by atoms with Gasteiger partial charge in [-0.3, -0.25) is 4.72 Å². The zero-order chi connectivity index (χ0) is 17.6. The van der Waals surface area contributed by atoms with E-state index in [1.165, 1.54) is 10.9 Å². The Morgan fingerprint density at radius 2 is 1.96 bits per heavy atom. The third kappa shape index (κ3) is 2.98. The normalized spacial score (nSPS) is 14.6. The zero-order valence-electron chi connectivity index (χ0n) is 13.2. The molecule has 1 aliphatic rings. The lowest BCUT2D eigenvalue weighted by atomic mass is 10.2. The first-order valence-corrected chi connectivity index (χ1v) is 9.40. The average Bonchev–Trinajstić information content (AvgIpc) is 3.21. The molecule has 0 spiro atoms. The van der Waals surface area contributed by atoms with Crippen LogP contribution in [-0.4, -0.2) is 38.2 Å². The second-order valence-electron chi connectivity index (χ2n) is 5.81. The van der Waals surface area contributed by atoms with Crippen LogP contribution in [0.4, 0.5) is 5.69 Å². The maximum absolute atomic E-state index is 12.4. The van der Waals surface area contributed by atoms with Crippen LogP contribution in [-0.2, 0) is 17.1 Å². The van der Waals surface area contributed by atoms with Crippen LogP contribution < -0.4 is 4.72 Å². The first kappa shape index (κ1) is 16.0. The second-order valence-corrected chi connectivity index (χ2v) is 7.77. The quantitative estimate of drug-likeness (QED) is 0.725. The Labute approximate surface area is 148 Å². The molecule has 0 aliphatic heterocycles. The minimum absolute atomic E-state index is 0.0488. The van der Waals surface area contributed by atoms with Gasteiger partial charge >= 0.3 is 0 Å². The molecule has 4 rings (SSSR count). The predicted octanol–water partition coefficient (Wildman–Crippen LogP) is 1.86. The third-order valence-corrected chi connectivity index (χ3v) is 5.74. The van der Waals surface area contributed by atoms with E-state index >= 15 is 0 Å². The lowest BCUT2D eigenvalue weighted by Gasteiger charge is -2.08. The van der Waals surface area contributed by atoms with Crippen LogP contribution in [0.15, 0.2) is 35.6 Å². The number of benzene rings is 1. The van der Waals surface area contributed by atoms with Crippen LogP contribution in [0.3, 0.4) is 0 Å². The minimum Gasteiger partial charge on any atom is -0.324 e. The number of imidazole rings is 1. The molecule has 1 fully saturated rings. The topological polar surface area (TPSA) is 108 Å². The lowest BCUT2D eigenvalue weighted by molar-refractivity contribution is 0.598. The number of rotatable bonds is 5. The molecule has 1 N–H and O–H groups in total. The number of aromatic nitrogens is 6. The Morgan fingerprint density at radius 1 is 1.24 bits per heavy atom. The van der Waals surface area contributed by atoms with E-state index in [9.17, 15) is 8.42 Å². The number of sulfonamides is 1. The smallest absolute Gasteiger partial charge is 0.282 e. The van der Waals surface area contributed by atoms with Gasteiger partial charge in [-0.05, 0) is 47.5 Å². The van der Waals surface area contributed by atoms with Gasteiger partial charge in [0.15, 0.2) is 5.82 Å². The summed E-state index contributed by atoms with van der Waals surface area (Å²) >= 11 is 5.96. The standard InChI is InChI=1S/C14H14ClN7O2S/c1-21-8-16-14(12(21)15)25(23,24)18-10-4-2-9(3-5-10)13-17-19-20-22(13)11-6-7-11/h2-5,8,11,18H,6-7H2,1H3. The number of nitrogens with one attached hydrogen (secondary N) is 1. The third-order valence-electron chi connectivity index (χ3n) is 3.87. The minimum atomic E-state index is -3.86. The van der Waals surface area contributed by atoms with Gasteiger partial charge in [-0.25, -0.2) is 9.67 Å². The van der Waals surface area contributed by atoms with Crippen molar-refractivity contribution in [3.8, 4) is 11.4 Å². The van der Waals surface area contributed by atoms with E-state index in [2.05, 4.69) is 25.2 Å². The van der Waals surface area contributed by atoms with E-state index in [-0.39, 0.29) is 10.2 Å². The Bertz CT molecular complexity index is 1020. The summed E-state index contributed by atoms with van der Waals surface area (Å²) in [5.74, 6) is 0.671. The fourth-order valence-corrected chi connectivity index (χ4v) is 3.91. The molecular formula is C14H14ClN7O2S. The van der Waals surface area contributed by atoms with E-state index in [4.69, 9.17) is 11.6 Å². The van der Waals surface area contributed by atoms with Crippen LogP contribution >= 0.6 is 11.6 Å². The van der Waals surface area contributed by atoms with Crippen molar-refractivity contribution in [3.63, 3.8) is 0 Å². The molecule has 1 saturated carbocycles. The molecule has 130 valence electrons. The monoisotopic (exact) mass is 379 g/mol. The predicted molar refractivity (Wildman–Crippen MR) is 90.6 cm³/mol. The summed E-state index contributed by atoms with van der Waals surface area (Å²) < 4.78 is 30.5. The molecule has 2 heterocycles. The number of anilines is 1. The Balaban J connectivity index is 1.58. The molecule has 3 aromatic rings. The van der Waals surface area contributed by atoms with Crippen molar-refractivity contribution in [1.82, 2.24) is 29.8 Å². The van der Waals surface area contributed by atoms with Crippen molar-refractivity contribution >= 4 is 27.3 Å². The van der Waals surface area contributed by atoms with Gasteiger partial charge in [0, 0.05) is 18.3 Å². The Hall–Kier alpha value is -2.46. The van der Waals surface area contributed by atoms with E-state index in [0.29, 0.717) is 17.6 Å². The fraction of sp³-hybridized carbons (Fsp3) is 0.286. The highest BCUT2D eigenvalue weighted by Gasteiger charge is 2.28. The van der Waals surface area contributed by atoms with Crippen molar-refractivity contribution in [2.45, 2.75) is 23.9 Å². The van der Waals surface area contributed by atoms with Gasteiger partial charge in [-0.2, -0.15) is 8.42 Å². The SMILES string of the molecule is Cn1cnc(S(=O)(=O)Nc2ccc(-c3nnnn3C3CC3)cc2)c1Cl. The largest absolute Gasteiger partial charge is 0.324 e. The van der Waals surface area contributed by atoms with Crippen LogP contribution in [0.2, 0.25) is 5.15 Å². The number of hydrogen-bond donors (Lipinski definition) is 1. The number of aryl methyl sites for hydroxylation is 1. The highest BCUT2D eigenvalue weighted by atomic mass is 35.5. The van der Waals surface area contributed by atoms with E-state index in [1.54, 1.807) is 36.0 Å². The van der Waals surface area contributed by atoms with Gasteiger partial charge in [0.2, 0.25) is 5.03 Å². The zero-order valence-corrected chi connectivity index (χ0v) is 14.7. The lowest BCUT2D eigenvalue weighted by Crippen LogP contribution is -2.14. The summed E-state index contributed by atoms with van der Waals surface area (Å²) in [6.45, 7) is 0. The second kappa shape index (κ2) is 5.81. The summed E-state index contributed by atoms with van der Waals surface area (Å²) in [6.07, 6.45) is 3.49. The van der Waals surface area contributed by atoms with Crippen molar-refractivity contribution in [2.75, 3.05) is 4.72 Å². The van der Waals surface area contributed by atoms with Crippen LogP contribution in [0.5, 0.6) is 0 Å². The number of hydrogen-bond acceptors (Lipinski definition) is 6. The molecule has 9 nitrogen and oxygen atoms in total. The van der Waals surface area contributed by atoms with Gasteiger partial charge in [0.1, 0.15) is 5.15 Å². The highest BCUT2D eigenvalue weighted by Crippen LogP contribution is 2.36. The first-order chi connectivity index (χ1) is 12.0. The summed E-state index contributed by atoms with van der Waals surface area (Å²) in [5.41, 5.74) is 1.21. The Kier molecular flexibility index (Phi) is 3.73. The molecule has 0 radical (unpaired) electrons. The maximum atomic E-state index is 12.4. The van der Waals surface area contributed by atoms with Crippen LogP contribution in [0.1, 0.15) is 18.9 Å². The van der Waals surface area contributed by atoms with E-state index in [0.717, 1.165) is 18.4 Å². The highest BCUT2D eigenvalue weighted by molar-refractivity contribution is 7.92. The van der Waals surface area contributed by atoms with Crippen molar-refractivity contribution in [3.05, 3.63) is 35.7 Å². The molecule has 0 unspecified atom stereocenters. The molecule has 1 aromatic carbocycles. The number of tetrazole rings is 1. The summed E-state index contributed by atoms with van der Waals surface area (Å²) in [6, 6.07) is 7.19. The fourth-order valence-electron chi connectivity index (χ4n) is 2.41. The number of halogens is 1. The molecule has 25 heavy (non-hydrogen) atoms. The van der Waals surface area contributed by atoms with Gasteiger partial charge < -0.3 is 4.57 Å². The molecular weight excluding hydrogens is 366 g/mol. The molecule has 11 heteroatoms. The van der Waals surface area contributed by atoms with Crippen molar-refractivity contribution in [1.29, 1.82) is 0 Å². The molecule has 0 bridgehead atoms. The molecule has 2 aromatic heterocycles. The van der Waals surface area contributed by atoms with Crippen molar-refractivity contribution in [2.24, 2.45) is 7.05 Å². The van der Waals surface area contributed by atoms with Crippen LogP contribution in [0, 0.1) is 0 Å². The van der Waals surface area contributed by atoms with Gasteiger partial charge in [0.25, 0.3) is 10.0 Å².